The highest BCUT2D eigenvalue weighted by Gasteiger charge is 2.48. The number of thiophene rings is 1. The molecule has 3 rings (SSSR count). The van der Waals surface area contributed by atoms with E-state index in [1.165, 1.54) is 35.0 Å². The number of halogens is 1. The van der Waals surface area contributed by atoms with Gasteiger partial charge >= 0.3 is 0 Å². The van der Waals surface area contributed by atoms with Crippen molar-refractivity contribution in [2.45, 2.75) is 37.1 Å². The van der Waals surface area contributed by atoms with Crippen LogP contribution in [0, 0.1) is 5.92 Å². The second-order valence-corrected chi connectivity index (χ2v) is 7.22. The lowest BCUT2D eigenvalue weighted by Gasteiger charge is -2.48. The molecular weight excluding hydrogens is 298 g/mol. The van der Waals surface area contributed by atoms with Gasteiger partial charge in [0.25, 0.3) is 0 Å². The van der Waals surface area contributed by atoms with E-state index in [4.69, 9.17) is 10.5 Å². The SMILES string of the molecule is NC1CCC(C2(c3cc(Br)cs3)COC2)CC1. The molecule has 0 aromatic carbocycles. The number of rotatable bonds is 2. The Balaban J connectivity index is 1.82. The Morgan fingerprint density at radius 3 is 2.47 bits per heavy atom. The predicted octanol–water partition coefficient (Wildman–Crippen LogP) is 3.30. The van der Waals surface area contributed by atoms with Gasteiger partial charge in [-0.3, -0.25) is 0 Å². The van der Waals surface area contributed by atoms with Crippen molar-refractivity contribution < 1.29 is 4.74 Å². The highest BCUT2D eigenvalue weighted by molar-refractivity contribution is 9.10. The molecule has 0 amide bonds. The highest BCUT2D eigenvalue weighted by Crippen LogP contribution is 2.48. The van der Waals surface area contributed by atoms with E-state index >= 15 is 0 Å². The molecule has 1 saturated carbocycles. The number of ether oxygens (including phenoxy) is 1. The molecule has 1 saturated heterocycles. The van der Waals surface area contributed by atoms with Gasteiger partial charge in [0.05, 0.1) is 18.6 Å². The Hall–Kier alpha value is 0.1000. The molecule has 2 fully saturated rings. The van der Waals surface area contributed by atoms with E-state index < -0.39 is 0 Å². The first-order valence-corrected chi connectivity index (χ1v) is 7.96. The van der Waals surface area contributed by atoms with Crippen molar-refractivity contribution in [3.05, 3.63) is 20.8 Å². The van der Waals surface area contributed by atoms with Gasteiger partial charge < -0.3 is 10.5 Å². The zero-order valence-corrected chi connectivity index (χ0v) is 12.2. The molecule has 1 aromatic heterocycles. The van der Waals surface area contributed by atoms with Crippen LogP contribution in [0.2, 0.25) is 0 Å². The third-order valence-electron chi connectivity index (χ3n) is 4.33. The smallest absolute Gasteiger partial charge is 0.0596 e. The highest BCUT2D eigenvalue weighted by atomic mass is 79.9. The van der Waals surface area contributed by atoms with Gasteiger partial charge in [-0.05, 0) is 53.6 Å². The zero-order chi connectivity index (χ0) is 11.9. The standard InChI is InChI=1S/C13H18BrNOS/c14-10-5-12(17-6-10)13(7-16-8-13)9-1-3-11(15)4-2-9/h5-6,9,11H,1-4,7-8,15H2. The average molecular weight is 316 g/mol. The van der Waals surface area contributed by atoms with E-state index in [-0.39, 0.29) is 0 Å². The molecule has 4 heteroatoms. The minimum absolute atomic E-state index is 0.302. The Morgan fingerprint density at radius 1 is 1.29 bits per heavy atom. The van der Waals surface area contributed by atoms with Crippen LogP contribution in [0.1, 0.15) is 30.6 Å². The first-order chi connectivity index (χ1) is 8.21. The first kappa shape index (κ1) is 12.2. The summed E-state index contributed by atoms with van der Waals surface area (Å²) in [4.78, 5) is 1.50. The van der Waals surface area contributed by atoms with Crippen LogP contribution in [0.4, 0.5) is 0 Å². The van der Waals surface area contributed by atoms with Gasteiger partial charge in [0, 0.05) is 20.8 Å². The lowest BCUT2D eigenvalue weighted by atomic mass is 9.66. The van der Waals surface area contributed by atoms with Gasteiger partial charge in [0.15, 0.2) is 0 Å². The lowest BCUT2D eigenvalue weighted by molar-refractivity contribution is -0.0965. The molecule has 1 aromatic rings. The van der Waals surface area contributed by atoms with E-state index in [2.05, 4.69) is 27.4 Å². The summed E-state index contributed by atoms with van der Waals surface area (Å²) in [6.07, 6.45) is 4.89. The van der Waals surface area contributed by atoms with Crippen molar-refractivity contribution in [3.63, 3.8) is 0 Å². The summed E-state index contributed by atoms with van der Waals surface area (Å²) in [6.45, 7) is 1.81. The van der Waals surface area contributed by atoms with Crippen LogP contribution in [0.3, 0.4) is 0 Å². The summed E-state index contributed by atoms with van der Waals surface area (Å²) < 4.78 is 6.75. The van der Waals surface area contributed by atoms with E-state index in [1.54, 1.807) is 0 Å². The predicted molar refractivity (Wildman–Crippen MR) is 74.4 cm³/mol. The molecule has 94 valence electrons. The third-order valence-corrected chi connectivity index (χ3v) is 6.24. The van der Waals surface area contributed by atoms with E-state index in [0.717, 1.165) is 19.1 Å². The molecule has 0 atom stereocenters. The van der Waals surface area contributed by atoms with Crippen LogP contribution in [-0.2, 0) is 10.2 Å². The maximum Gasteiger partial charge on any atom is 0.0596 e. The van der Waals surface area contributed by atoms with Gasteiger partial charge in [0.1, 0.15) is 0 Å². The number of hydrogen-bond donors (Lipinski definition) is 1. The second-order valence-electron chi connectivity index (χ2n) is 5.39. The monoisotopic (exact) mass is 315 g/mol. The molecule has 0 spiro atoms. The molecule has 0 bridgehead atoms. The molecule has 2 nitrogen and oxygen atoms in total. The molecule has 17 heavy (non-hydrogen) atoms. The van der Waals surface area contributed by atoms with Crippen LogP contribution in [-0.4, -0.2) is 19.3 Å². The molecule has 1 aliphatic heterocycles. The summed E-state index contributed by atoms with van der Waals surface area (Å²) >= 11 is 5.43. The zero-order valence-electron chi connectivity index (χ0n) is 9.82. The van der Waals surface area contributed by atoms with Gasteiger partial charge in [0.2, 0.25) is 0 Å². The van der Waals surface area contributed by atoms with E-state index in [1.807, 2.05) is 11.3 Å². The van der Waals surface area contributed by atoms with Gasteiger partial charge in [-0.15, -0.1) is 11.3 Å². The van der Waals surface area contributed by atoms with Crippen LogP contribution in [0.25, 0.3) is 0 Å². The van der Waals surface area contributed by atoms with Crippen molar-refractivity contribution in [1.29, 1.82) is 0 Å². The molecule has 2 aliphatic rings. The Kier molecular flexibility index (Phi) is 3.32. The molecular formula is C13H18BrNOS. The summed E-state index contributed by atoms with van der Waals surface area (Å²) in [6, 6.07) is 2.71. The molecule has 2 N–H and O–H groups in total. The quantitative estimate of drug-likeness (QED) is 0.908. The third kappa shape index (κ3) is 2.09. The fourth-order valence-electron chi connectivity index (χ4n) is 3.15. The fourth-order valence-corrected chi connectivity index (χ4v) is 4.83. The number of nitrogens with two attached hydrogens (primary N) is 1. The summed E-state index contributed by atoms with van der Waals surface area (Å²) in [5.41, 5.74) is 6.31. The van der Waals surface area contributed by atoms with Gasteiger partial charge in [-0.1, -0.05) is 0 Å². The van der Waals surface area contributed by atoms with Crippen molar-refractivity contribution >= 4 is 27.3 Å². The van der Waals surface area contributed by atoms with Crippen LogP contribution < -0.4 is 5.73 Å². The minimum Gasteiger partial charge on any atom is -0.379 e. The number of hydrogen-bond acceptors (Lipinski definition) is 3. The molecule has 1 aliphatic carbocycles. The molecule has 0 radical (unpaired) electrons. The van der Waals surface area contributed by atoms with Crippen LogP contribution in [0.5, 0.6) is 0 Å². The Bertz CT molecular complexity index is 394. The maximum atomic E-state index is 6.01. The van der Waals surface area contributed by atoms with Gasteiger partial charge in [-0.25, -0.2) is 0 Å². The van der Waals surface area contributed by atoms with Crippen molar-refractivity contribution in [2.24, 2.45) is 11.7 Å². The maximum absolute atomic E-state index is 6.01. The fraction of sp³-hybridized carbons (Fsp3) is 0.692. The van der Waals surface area contributed by atoms with E-state index in [9.17, 15) is 0 Å². The minimum atomic E-state index is 0.302. The van der Waals surface area contributed by atoms with Crippen LogP contribution >= 0.6 is 27.3 Å². The molecule has 2 heterocycles. The second kappa shape index (κ2) is 4.65. The largest absolute Gasteiger partial charge is 0.379 e. The summed E-state index contributed by atoms with van der Waals surface area (Å²) in [5.74, 6) is 0.765. The Labute approximate surface area is 115 Å². The Morgan fingerprint density at radius 2 is 2.00 bits per heavy atom. The molecule has 0 unspecified atom stereocenters. The van der Waals surface area contributed by atoms with Gasteiger partial charge in [-0.2, -0.15) is 0 Å². The topological polar surface area (TPSA) is 35.2 Å². The average Bonchev–Trinajstić information content (AvgIpc) is 2.67. The summed E-state index contributed by atoms with van der Waals surface area (Å²) in [7, 11) is 0. The van der Waals surface area contributed by atoms with Crippen molar-refractivity contribution in [1.82, 2.24) is 0 Å². The normalized spacial score (nSPS) is 32.1. The van der Waals surface area contributed by atoms with Crippen LogP contribution in [0.15, 0.2) is 15.9 Å². The van der Waals surface area contributed by atoms with E-state index in [0.29, 0.717) is 11.5 Å². The van der Waals surface area contributed by atoms with Crippen molar-refractivity contribution in [2.75, 3.05) is 13.2 Å². The first-order valence-electron chi connectivity index (χ1n) is 6.28. The lowest BCUT2D eigenvalue weighted by Crippen LogP contribution is -2.53. The summed E-state index contributed by atoms with van der Waals surface area (Å²) in [5, 5.41) is 2.18. The van der Waals surface area contributed by atoms with Crippen molar-refractivity contribution in [3.8, 4) is 0 Å².